The minimum Gasteiger partial charge on any atom is -0.456 e. The SMILES string of the molecule is CCS[C@H]1O[C@H]2CO[C@@H](c3ccccc3)O[C@@H]2[C@H](OC(C)=O)[C@H]1OC(C)=O. The molecule has 2 aliphatic rings. The summed E-state index contributed by atoms with van der Waals surface area (Å²) in [7, 11) is 0. The smallest absolute Gasteiger partial charge is 0.303 e. The van der Waals surface area contributed by atoms with Gasteiger partial charge >= 0.3 is 11.9 Å². The molecule has 27 heavy (non-hydrogen) atoms. The first-order valence-electron chi connectivity index (χ1n) is 8.93. The lowest BCUT2D eigenvalue weighted by atomic mass is 9.98. The first-order valence-corrected chi connectivity index (χ1v) is 9.98. The number of benzene rings is 1. The summed E-state index contributed by atoms with van der Waals surface area (Å²) < 4.78 is 29.0. The number of hydrogen-bond donors (Lipinski definition) is 0. The molecule has 2 aliphatic heterocycles. The largest absolute Gasteiger partial charge is 0.456 e. The second kappa shape index (κ2) is 9.05. The van der Waals surface area contributed by atoms with Crippen molar-refractivity contribution in [3.8, 4) is 0 Å². The van der Waals surface area contributed by atoms with Crippen molar-refractivity contribution in [2.45, 2.75) is 56.9 Å². The summed E-state index contributed by atoms with van der Waals surface area (Å²) in [5, 5.41) is 0. The maximum Gasteiger partial charge on any atom is 0.303 e. The Morgan fingerprint density at radius 1 is 1.07 bits per heavy atom. The molecule has 0 amide bonds. The molecule has 7 nitrogen and oxygen atoms in total. The quantitative estimate of drug-likeness (QED) is 0.702. The molecule has 2 heterocycles. The molecule has 0 radical (unpaired) electrons. The fraction of sp³-hybridized carbons (Fsp3) is 0.579. The van der Waals surface area contributed by atoms with Gasteiger partial charge in [0.25, 0.3) is 0 Å². The highest BCUT2D eigenvalue weighted by molar-refractivity contribution is 7.99. The van der Waals surface area contributed by atoms with Gasteiger partial charge in [0.05, 0.1) is 6.61 Å². The van der Waals surface area contributed by atoms with Crippen LogP contribution in [0.15, 0.2) is 30.3 Å². The third-order valence-corrected chi connectivity index (χ3v) is 5.33. The third kappa shape index (κ3) is 4.82. The van der Waals surface area contributed by atoms with Crippen molar-refractivity contribution in [3.63, 3.8) is 0 Å². The summed E-state index contributed by atoms with van der Waals surface area (Å²) in [6.07, 6.45) is -3.17. The fourth-order valence-corrected chi connectivity index (χ4v) is 4.22. The highest BCUT2D eigenvalue weighted by atomic mass is 32.2. The van der Waals surface area contributed by atoms with Gasteiger partial charge in [-0.25, -0.2) is 0 Å². The summed E-state index contributed by atoms with van der Waals surface area (Å²) in [6, 6.07) is 9.49. The minimum atomic E-state index is -0.774. The molecule has 0 N–H and O–H groups in total. The molecule has 0 spiro atoms. The van der Waals surface area contributed by atoms with Crippen molar-refractivity contribution in [2.24, 2.45) is 0 Å². The number of ether oxygens (including phenoxy) is 5. The maximum absolute atomic E-state index is 11.7. The Balaban J connectivity index is 1.86. The van der Waals surface area contributed by atoms with Crippen LogP contribution >= 0.6 is 11.8 Å². The summed E-state index contributed by atoms with van der Waals surface area (Å²) in [4.78, 5) is 23.4. The van der Waals surface area contributed by atoms with Crippen LogP contribution in [0.1, 0.15) is 32.6 Å². The van der Waals surface area contributed by atoms with Gasteiger partial charge in [0, 0.05) is 19.4 Å². The van der Waals surface area contributed by atoms with Crippen molar-refractivity contribution in [3.05, 3.63) is 35.9 Å². The Bertz CT molecular complexity index is 653. The molecule has 1 aromatic rings. The van der Waals surface area contributed by atoms with Gasteiger partial charge in [0.2, 0.25) is 0 Å². The van der Waals surface area contributed by atoms with E-state index >= 15 is 0 Å². The van der Waals surface area contributed by atoms with Gasteiger partial charge in [-0.3, -0.25) is 9.59 Å². The Hall–Kier alpha value is -1.61. The number of esters is 2. The predicted molar refractivity (Wildman–Crippen MR) is 97.9 cm³/mol. The van der Waals surface area contributed by atoms with E-state index in [1.54, 1.807) is 0 Å². The number of carbonyl (C=O) groups is 2. The van der Waals surface area contributed by atoms with E-state index < -0.39 is 48.1 Å². The third-order valence-electron chi connectivity index (χ3n) is 4.29. The second-order valence-electron chi connectivity index (χ2n) is 6.32. The van der Waals surface area contributed by atoms with Crippen LogP contribution in [-0.4, -0.2) is 54.2 Å². The van der Waals surface area contributed by atoms with Gasteiger partial charge in [-0.15, -0.1) is 11.8 Å². The van der Waals surface area contributed by atoms with E-state index in [2.05, 4.69) is 0 Å². The number of carbonyl (C=O) groups excluding carboxylic acids is 2. The van der Waals surface area contributed by atoms with Gasteiger partial charge in [0.1, 0.15) is 17.6 Å². The molecular weight excluding hydrogens is 372 g/mol. The minimum absolute atomic E-state index is 0.287. The zero-order valence-electron chi connectivity index (χ0n) is 15.5. The first-order chi connectivity index (χ1) is 13.0. The van der Waals surface area contributed by atoms with Crippen LogP contribution in [0.25, 0.3) is 0 Å². The lowest BCUT2D eigenvalue weighted by Crippen LogP contribution is -2.63. The Labute approximate surface area is 162 Å². The zero-order chi connectivity index (χ0) is 19.4. The van der Waals surface area contributed by atoms with Crippen molar-refractivity contribution >= 4 is 23.7 Å². The summed E-state index contributed by atoms with van der Waals surface area (Å²) in [6.45, 7) is 4.91. The van der Waals surface area contributed by atoms with Crippen molar-refractivity contribution in [1.29, 1.82) is 0 Å². The Kier molecular flexibility index (Phi) is 6.75. The molecule has 0 aromatic heterocycles. The van der Waals surface area contributed by atoms with Gasteiger partial charge < -0.3 is 23.7 Å². The molecule has 148 valence electrons. The van der Waals surface area contributed by atoms with E-state index in [1.807, 2.05) is 37.3 Å². The van der Waals surface area contributed by atoms with Crippen molar-refractivity contribution < 1.29 is 33.3 Å². The van der Waals surface area contributed by atoms with Crippen LogP contribution < -0.4 is 0 Å². The molecular formula is C19H24O7S. The first kappa shape index (κ1) is 20.1. The zero-order valence-corrected chi connectivity index (χ0v) is 16.3. The fourth-order valence-electron chi connectivity index (χ4n) is 3.27. The van der Waals surface area contributed by atoms with E-state index in [0.717, 1.165) is 11.3 Å². The van der Waals surface area contributed by atoms with Gasteiger partial charge in [-0.2, -0.15) is 0 Å². The van der Waals surface area contributed by atoms with Crippen LogP contribution in [-0.2, 0) is 33.3 Å². The van der Waals surface area contributed by atoms with Crippen LogP contribution in [0.2, 0.25) is 0 Å². The lowest BCUT2D eigenvalue weighted by Gasteiger charge is -2.48. The van der Waals surface area contributed by atoms with Gasteiger partial charge in [0.15, 0.2) is 18.5 Å². The molecule has 0 unspecified atom stereocenters. The summed E-state index contributed by atoms with van der Waals surface area (Å²) in [5.74, 6) is -0.182. The topological polar surface area (TPSA) is 80.3 Å². The van der Waals surface area contributed by atoms with E-state index in [9.17, 15) is 9.59 Å². The average Bonchev–Trinajstić information content (AvgIpc) is 2.64. The standard InChI is InChI=1S/C19H24O7S/c1-4-27-19-17(24-12(3)21)16(23-11(2)20)15-14(25-19)10-22-18(26-15)13-8-6-5-7-9-13/h5-9,14-19H,4,10H2,1-3H3/t14-,15-,16-,17+,18+,19+/m0/s1. The molecule has 2 saturated heterocycles. The van der Waals surface area contributed by atoms with Gasteiger partial charge in [-0.1, -0.05) is 37.3 Å². The molecule has 1 aromatic carbocycles. The molecule has 8 heteroatoms. The number of thioether (sulfide) groups is 1. The lowest BCUT2D eigenvalue weighted by molar-refractivity contribution is -0.320. The van der Waals surface area contributed by atoms with Crippen LogP contribution in [0.4, 0.5) is 0 Å². The Morgan fingerprint density at radius 2 is 1.74 bits per heavy atom. The number of rotatable bonds is 5. The second-order valence-corrected chi connectivity index (χ2v) is 7.70. The maximum atomic E-state index is 11.7. The van der Waals surface area contributed by atoms with Crippen LogP contribution in [0, 0.1) is 0 Å². The summed E-state index contributed by atoms with van der Waals surface area (Å²) >= 11 is 1.48. The average molecular weight is 396 g/mol. The highest BCUT2D eigenvalue weighted by Crippen LogP contribution is 2.39. The summed E-state index contributed by atoms with van der Waals surface area (Å²) in [5.41, 5.74) is 0.386. The Morgan fingerprint density at radius 3 is 2.37 bits per heavy atom. The van der Waals surface area contributed by atoms with E-state index in [4.69, 9.17) is 23.7 Å². The normalized spacial score (nSPS) is 33.0. The predicted octanol–water partition coefficient (Wildman–Crippen LogP) is 2.44. The number of fused-ring (bicyclic) bond motifs is 1. The number of hydrogen-bond acceptors (Lipinski definition) is 8. The monoisotopic (exact) mass is 396 g/mol. The van der Waals surface area contributed by atoms with Crippen molar-refractivity contribution in [2.75, 3.05) is 12.4 Å². The molecule has 0 aliphatic carbocycles. The van der Waals surface area contributed by atoms with Crippen LogP contribution in [0.5, 0.6) is 0 Å². The van der Waals surface area contributed by atoms with E-state index in [0.29, 0.717) is 0 Å². The van der Waals surface area contributed by atoms with Gasteiger partial charge in [-0.05, 0) is 5.75 Å². The molecule has 6 atom stereocenters. The van der Waals surface area contributed by atoms with E-state index in [-0.39, 0.29) is 6.61 Å². The van der Waals surface area contributed by atoms with E-state index in [1.165, 1.54) is 25.6 Å². The molecule has 2 fully saturated rings. The molecule has 3 rings (SSSR count). The highest BCUT2D eigenvalue weighted by Gasteiger charge is 2.53. The molecule has 0 saturated carbocycles. The van der Waals surface area contributed by atoms with Crippen molar-refractivity contribution in [1.82, 2.24) is 0 Å². The van der Waals surface area contributed by atoms with Crippen LogP contribution in [0.3, 0.4) is 0 Å². The molecule has 0 bridgehead atoms.